The second kappa shape index (κ2) is 6.82. The molecule has 0 saturated carbocycles. The van der Waals surface area contributed by atoms with Gasteiger partial charge in [-0.15, -0.1) is 0 Å². The van der Waals surface area contributed by atoms with E-state index in [4.69, 9.17) is 4.74 Å². The molecule has 25 heavy (non-hydrogen) atoms. The number of aromatic amines is 1. The Hall–Kier alpha value is -2.43. The highest BCUT2D eigenvalue weighted by Gasteiger charge is 2.21. The van der Waals surface area contributed by atoms with Crippen molar-refractivity contribution in [3.8, 4) is 5.75 Å². The van der Waals surface area contributed by atoms with Crippen LogP contribution in [0.2, 0.25) is 0 Å². The zero-order valence-corrected chi connectivity index (χ0v) is 15.1. The van der Waals surface area contributed by atoms with Crippen molar-refractivity contribution in [3.63, 3.8) is 0 Å². The third-order valence-corrected chi connectivity index (χ3v) is 5.20. The van der Waals surface area contributed by atoms with Crippen LogP contribution in [-0.4, -0.2) is 35.0 Å². The molecule has 1 N–H and O–H groups in total. The molecule has 0 atom stereocenters. The lowest BCUT2D eigenvalue weighted by atomic mass is 10.0. The van der Waals surface area contributed by atoms with Gasteiger partial charge in [-0.05, 0) is 55.4 Å². The van der Waals surface area contributed by atoms with Crippen molar-refractivity contribution in [3.05, 3.63) is 41.9 Å². The molecule has 1 aromatic carbocycles. The van der Waals surface area contributed by atoms with E-state index in [9.17, 15) is 0 Å². The number of ether oxygens (including phenoxy) is 1. The first-order chi connectivity index (χ1) is 12.3. The first-order valence-electron chi connectivity index (χ1n) is 9.15. The van der Waals surface area contributed by atoms with E-state index in [-0.39, 0.29) is 0 Å². The number of anilines is 1. The molecule has 0 bridgehead atoms. The molecule has 2 aromatic heterocycles. The SMILES string of the molecule is COc1ccc2[nH]cc(CCc3cnn(C)c3)c2c1N1CCCCC1. The second-order valence-corrected chi connectivity index (χ2v) is 6.92. The van der Waals surface area contributed by atoms with Gasteiger partial charge in [0.25, 0.3) is 0 Å². The molecule has 0 aliphatic carbocycles. The molecule has 132 valence electrons. The predicted octanol–water partition coefficient (Wildman–Crippen LogP) is 3.69. The third kappa shape index (κ3) is 3.11. The summed E-state index contributed by atoms with van der Waals surface area (Å²) in [6.07, 6.45) is 12.1. The molecule has 3 aromatic rings. The lowest BCUT2D eigenvalue weighted by Crippen LogP contribution is -2.30. The Morgan fingerprint density at radius 2 is 2.00 bits per heavy atom. The Bertz CT molecular complexity index is 858. The monoisotopic (exact) mass is 338 g/mol. The molecule has 0 unspecified atom stereocenters. The number of piperidine rings is 1. The number of methoxy groups -OCH3 is 1. The summed E-state index contributed by atoms with van der Waals surface area (Å²) in [5, 5.41) is 5.60. The van der Waals surface area contributed by atoms with E-state index in [1.165, 1.54) is 47.0 Å². The molecule has 1 aliphatic heterocycles. The highest BCUT2D eigenvalue weighted by Crippen LogP contribution is 2.39. The van der Waals surface area contributed by atoms with Crippen molar-refractivity contribution in [2.75, 3.05) is 25.1 Å². The van der Waals surface area contributed by atoms with Gasteiger partial charge in [0.15, 0.2) is 0 Å². The standard InChI is InChI=1S/C20H26N4O/c1-23-14-15(12-22-23)6-7-16-13-21-17-8-9-18(25-2)20(19(16)17)24-10-4-3-5-11-24/h8-9,12-14,21H,3-7,10-11H2,1-2H3. The normalized spacial score (nSPS) is 15.0. The molecule has 3 heterocycles. The summed E-state index contributed by atoms with van der Waals surface area (Å²) in [5.74, 6) is 0.983. The van der Waals surface area contributed by atoms with E-state index < -0.39 is 0 Å². The van der Waals surface area contributed by atoms with Gasteiger partial charge >= 0.3 is 0 Å². The molecule has 4 rings (SSSR count). The van der Waals surface area contributed by atoms with Crippen molar-refractivity contribution in [1.82, 2.24) is 14.8 Å². The van der Waals surface area contributed by atoms with E-state index >= 15 is 0 Å². The minimum Gasteiger partial charge on any atom is -0.495 e. The van der Waals surface area contributed by atoms with Gasteiger partial charge < -0.3 is 14.6 Å². The predicted molar refractivity (Wildman–Crippen MR) is 102 cm³/mol. The molecule has 1 fully saturated rings. The number of fused-ring (bicyclic) bond motifs is 1. The maximum Gasteiger partial charge on any atom is 0.142 e. The summed E-state index contributed by atoms with van der Waals surface area (Å²) in [5.41, 5.74) is 5.10. The van der Waals surface area contributed by atoms with Gasteiger partial charge in [-0.1, -0.05) is 0 Å². The summed E-state index contributed by atoms with van der Waals surface area (Å²) in [6, 6.07) is 4.23. The number of aromatic nitrogens is 3. The Labute approximate surface area is 148 Å². The van der Waals surface area contributed by atoms with Gasteiger partial charge in [-0.25, -0.2) is 0 Å². The molecule has 5 nitrogen and oxygen atoms in total. The van der Waals surface area contributed by atoms with Crippen LogP contribution in [0.15, 0.2) is 30.7 Å². The highest BCUT2D eigenvalue weighted by atomic mass is 16.5. The number of nitrogens with zero attached hydrogens (tertiary/aromatic N) is 3. The lowest BCUT2D eigenvalue weighted by molar-refractivity contribution is 0.413. The second-order valence-electron chi connectivity index (χ2n) is 6.92. The molecular formula is C20H26N4O. The van der Waals surface area contributed by atoms with Crippen molar-refractivity contribution in [2.45, 2.75) is 32.1 Å². The summed E-state index contributed by atoms with van der Waals surface area (Å²) in [7, 11) is 3.74. The van der Waals surface area contributed by atoms with Gasteiger partial charge in [0, 0.05) is 43.4 Å². The molecule has 5 heteroatoms. The van der Waals surface area contributed by atoms with E-state index in [0.29, 0.717) is 0 Å². The Balaban J connectivity index is 1.71. The largest absolute Gasteiger partial charge is 0.495 e. The third-order valence-electron chi connectivity index (χ3n) is 5.20. The number of aryl methyl sites for hydroxylation is 3. The Morgan fingerprint density at radius 1 is 1.16 bits per heavy atom. The van der Waals surface area contributed by atoms with Gasteiger partial charge in [0.1, 0.15) is 5.75 Å². The van der Waals surface area contributed by atoms with Crippen LogP contribution >= 0.6 is 0 Å². The average molecular weight is 338 g/mol. The first-order valence-corrected chi connectivity index (χ1v) is 9.15. The first kappa shape index (κ1) is 16.1. The number of rotatable bonds is 5. The van der Waals surface area contributed by atoms with Crippen molar-refractivity contribution < 1.29 is 4.74 Å². The highest BCUT2D eigenvalue weighted by molar-refractivity contribution is 5.98. The summed E-state index contributed by atoms with van der Waals surface area (Å²) in [6.45, 7) is 2.23. The van der Waals surface area contributed by atoms with Crippen LogP contribution in [0, 0.1) is 0 Å². The van der Waals surface area contributed by atoms with Crippen molar-refractivity contribution >= 4 is 16.6 Å². The van der Waals surface area contributed by atoms with E-state index in [1.807, 2.05) is 17.9 Å². The summed E-state index contributed by atoms with van der Waals surface area (Å²) in [4.78, 5) is 5.96. The number of nitrogens with one attached hydrogen (secondary N) is 1. The minimum absolute atomic E-state index is 0.983. The molecule has 0 amide bonds. The molecule has 0 spiro atoms. The molecular weight excluding hydrogens is 312 g/mol. The van der Waals surface area contributed by atoms with Crippen LogP contribution in [0.4, 0.5) is 5.69 Å². The van der Waals surface area contributed by atoms with Gasteiger partial charge in [-0.3, -0.25) is 4.68 Å². The Kier molecular flexibility index (Phi) is 4.38. The van der Waals surface area contributed by atoms with Crippen molar-refractivity contribution in [1.29, 1.82) is 0 Å². The lowest BCUT2D eigenvalue weighted by Gasteiger charge is -2.31. The Morgan fingerprint density at radius 3 is 2.72 bits per heavy atom. The fourth-order valence-electron chi connectivity index (χ4n) is 3.93. The zero-order chi connectivity index (χ0) is 17.2. The van der Waals surface area contributed by atoms with Crippen LogP contribution in [0.3, 0.4) is 0 Å². The van der Waals surface area contributed by atoms with Crippen molar-refractivity contribution in [2.24, 2.45) is 7.05 Å². The molecule has 1 aliphatic rings. The number of hydrogen-bond donors (Lipinski definition) is 1. The van der Waals surface area contributed by atoms with Crippen LogP contribution in [0.1, 0.15) is 30.4 Å². The van der Waals surface area contributed by atoms with E-state index in [0.717, 1.165) is 31.7 Å². The van der Waals surface area contributed by atoms with Gasteiger partial charge in [-0.2, -0.15) is 5.10 Å². The van der Waals surface area contributed by atoms with Crippen LogP contribution in [-0.2, 0) is 19.9 Å². The molecule has 0 radical (unpaired) electrons. The van der Waals surface area contributed by atoms with Gasteiger partial charge in [0.2, 0.25) is 0 Å². The zero-order valence-electron chi connectivity index (χ0n) is 15.1. The van der Waals surface area contributed by atoms with Crippen LogP contribution < -0.4 is 9.64 Å². The molecule has 1 saturated heterocycles. The summed E-state index contributed by atoms with van der Waals surface area (Å²) < 4.78 is 7.60. The summed E-state index contributed by atoms with van der Waals surface area (Å²) >= 11 is 0. The maximum atomic E-state index is 5.73. The smallest absolute Gasteiger partial charge is 0.142 e. The van der Waals surface area contributed by atoms with Gasteiger partial charge in [0.05, 0.1) is 19.0 Å². The van der Waals surface area contributed by atoms with Crippen LogP contribution in [0.5, 0.6) is 5.75 Å². The van der Waals surface area contributed by atoms with E-state index in [2.05, 4.69) is 39.5 Å². The van der Waals surface area contributed by atoms with E-state index in [1.54, 1.807) is 7.11 Å². The fourth-order valence-corrected chi connectivity index (χ4v) is 3.93. The number of hydrogen-bond acceptors (Lipinski definition) is 3. The quantitative estimate of drug-likeness (QED) is 0.772. The fraction of sp³-hybridized carbons (Fsp3) is 0.450. The average Bonchev–Trinajstić information content (AvgIpc) is 3.25. The van der Waals surface area contributed by atoms with Crippen LogP contribution in [0.25, 0.3) is 10.9 Å². The number of benzene rings is 1. The number of H-pyrrole nitrogens is 1. The minimum atomic E-state index is 0.983. The topological polar surface area (TPSA) is 46.1 Å². The maximum absolute atomic E-state index is 5.73.